The number of hydrogen-bond acceptors (Lipinski definition) is 6. The molecule has 1 amide bonds. The molecule has 1 aliphatic heterocycles. The molecule has 0 radical (unpaired) electrons. The maximum Gasteiger partial charge on any atom is 0.265 e. The van der Waals surface area contributed by atoms with Gasteiger partial charge in [-0.1, -0.05) is 17.7 Å². The normalized spacial score (nSPS) is 16.2. The smallest absolute Gasteiger partial charge is 0.265 e. The molecule has 2 aromatic carbocycles. The molecule has 1 saturated heterocycles. The lowest BCUT2D eigenvalue weighted by Crippen LogP contribution is -2.29. The molecule has 2 aromatic rings. The van der Waals surface area contributed by atoms with E-state index in [9.17, 15) is 21.6 Å². The quantitative estimate of drug-likeness (QED) is 0.733. The molecule has 1 fully saturated rings. The molecule has 1 N–H and O–H groups in total. The highest BCUT2D eigenvalue weighted by molar-refractivity contribution is 7.94. The van der Waals surface area contributed by atoms with Crippen LogP contribution in [-0.2, 0) is 24.8 Å². The van der Waals surface area contributed by atoms with Crippen LogP contribution in [0.1, 0.15) is 13.3 Å². The molecule has 150 valence electrons. The number of ether oxygens (including phenoxy) is 1. The minimum atomic E-state index is -4.16. The summed E-state index contributed by atoms with van der Waals surface area (Å²) in [7, 11) is -7.99. The molecule has 0 saturated carbocycles. The molecule has 3 rings (SSSR count). The van der Waals surface area contributed by atoms with Gasteiger partial charge in [0, 0.05) is 11.4 Å². The minimum absolute atomic E-state index is 0.0322. The number of anilines is 2. The highest BCUT2D eigenvalue weighted by Gasteiger charge is 2.37. The van der Waals surface area contributed by atoms with E-state index in [0.717, 1.165) is 6.07 Å². The van der Waals surface area contributed by atoms with Crippen molar-refractivity contribution in [3.05, 3.63) is 47.5 Å². The molecule has 11 heteroatoms. The van der Waals surface area contributed by atoms with Gasteiger partial charge in [0.05, 0.1) is 23.7 Å². The molecule has 0 bridgehead atoms. The van der Waals surface area contributed by atoms with Crippen LogP contribution in [0.5, 0.6) is 5.75 Å². The Kier molecular flexibility index (Phi) is 5.55. The SMILES string of the molecule is CCOc1ccc(N2C(=O)CCS2(=O)=O)cc1S(=O)(=O)Nc1cccc(Cl)c1. The van der Waals surface area contributed by atoms with Crippen molar-refractivity contribution in [2.45, 2.75) is 18.2 Å². The van der Waals surface area contributed by atoms with Crippen LogP contribution in [-0.4, -0.2) is 35.1 Å². The fourth-order valence-electron chi connectivity index (χ4n) is 2.74. The van der Waals surface area contributed by atoms with Gasteiger partial charge in [0.2, 0.25) is 15.9 Å². The van der Waals surface area contributed by atoms with Crippen molar-refractivity contribution >= 4 is 48.9 Å². The van der Waals surface area contributed by atoms with E-state index < -0.39 is 26.0 Å². The Balaban J connectivity index is 2.08. The average molecular weight is 445 g/mol. The number of halogens is 1. The zero-order valence-electron chi connectivity index (χ0n) is 14.8. The van der Waals surface area contributed by atoms with Crippen molar-refractivity contribution in [3.8, 4) is 5.75 Å². The van der Waals surface area contributed by atoms with Crippen molar-refractivity contribution in [1.82, 2.24) is 0 Å². The lowest BCUT2D eigenvalue weighted by Gasteiger charge is -2.18. The van der Waals surface area contributed by atoms with Crippen molar-refractivity contribution in [2.24, 2.45) is 0 Å². The summed E-state index contributed by atoms with van der Waals surface area (Å²) in [5, 5.41) is 0.340. The van der Waals surface area contributed by atoms with E-state index in [-0.39, 0.29) is 40.8 Å². The molecule has 0 aromatic heterocycles. The van der Waals surface area contributed by atoms with Crippen LogP contribution in [0.2, 0.25) is 5.02 Å². The fraction of sp³-hybridized carbons (Fsp3) is 0.235. The molecule has 1 heterocycles. The van der Waals surface area contributed by atoms with Crippen LogP contribution in [0.15, 0.2) is 47.4 Å². The number of nitrogens with one attached hydrogen (secondary N) is 1. The second kappa shape index (κ2) is 7.61. The second-order valence-electron chi connectivity index (χ2n) is 5.90. The number of hydrogen-bond donors (Lipinski definition) is 1. The van der Waals surface area contributed by atoms with Gasteiger partial charge < -0.3 is 4.74 Å². The zero-order chi connectivity index (χ0) is 20.5. The van der Waals surface area contributed by atoms with Gasteiger partial charge in [-0.15, -0.1) is 0 Å². The summed E-state index contributed by atoms with van der Waals surface area (Å²) in [5.74, 6) is -0.901. The summed E-state index contributed by atoms with van der Waals surface area (Å²) in [6.07, 6.45) is -0.154. The molecular formula is C17H17ClN2O6S2. The summed E-state index contributed by atoms with van der Waals surface area (Å²) >= 11 is 5.89. The second-order valence-corrected chi connectivity index (χ2v) is 9.93. The lowest BCUT2D eigenvalue weighted by molar-refractivity contribution is -0.116. The number of nitrogens with zero attached hydrogens (tertiary/aromatic N) is 1. The summed E-state index contributed by atoms with van der Waals surface area (Å²) in [6, 6.07) is 9.89. The maximum atomic E-state index is 12.9. The molecule has 0 aliphatic carbocycles. The van der Waals surface area contributed by atoms with E-state index in [1.807, 2.05) is 0 Å². The van der Waals surface area contributed by atoms with Crippen LogP contribution in [0, 0.1) is 0 Å². The first-order chi connectivity index (χ1) is 13.1. The van der Waals surface area contributed by atoms with Crippen LogP contribution in [0.4, 0.5) is 11.4 Å². The van der Waals surface area contributed by atoms with E-state index in [4.69, 9.17) is 16.3 Å². The van der Waals surface area contributed by atoms with Gasteiger partial charge >= 0.3 is 0 Å². The topological polar surface area (TPSA) is 110 Å². The van der Waals surface area contributed by atoms with Gasteiger partial charge in [-0.25, -0.2) is 21.1 Å². The standard InChI is InChI=1S/C17H17ClN2O6S2/c1-2-26-15-7-6-14(20-17(21)8-9-27(20,22)23)11-16(15)28(24,25)19-13-5-3-4-12(18)10-13/h3-7,10-11,19H,2,8-9H2,1H3. The van der Waals surface area contributed by atoms with Crippen LogP contribution >= 0.6 is 11.6 Å². The summed E-state index contributed by atoms with van der Waals surface area (Å²) in [4.78, 5) is 11.7. The molecule has 28 heavy (non-hydrogen) atoms. The van der Waals surface area contributed by atoms with Gasteiger partial charge in [0.1, 0.15) is 10.6 Å². The Hall–Kier alpha value is -2.30. The number of carbonyl (C=O) groups is 1. The first kappa shape index (κ1) is 20.4. The van der Waals surface area contributed by atoms with E-state index in [1.54, 1.807) is 19.1 Å². The molecule has 0 spiro atoms. The number of sulfonamides is 2. The first-order valence-corrected chi connectivity index (χ1v) is 11.7. The Labute approximate surface area is 168 Å². The molecule has 0 atom stereocenters. The van der Waals surface area contributed by atoms with E-state index in [0.29, 0.717) is 9.33 Å². The van der Waals surface area contributed by atoms with Crippen LogP contribution in [0.25, 0.3) is 0 Å². The molecule has 0 unspecified atom stereocenters. The Morgan fingerprint density at radius 2 is 1.96 bits per heavy atom. The summed E-state index contributed by atoms with van der Waals surface area (Å²) in [5.41, 5.74) is 0.169. The van der Waals surface area contributed by atoms with Gasteiger partial charge in [0.15, 0.2) is 0 Å². The molecule has 8 nitrogen and oxygen atoms in total. The largest absolute Gasteiger partial charge is 0.492 e. The first-order valence-electron chi connectivity index (χ1n) is 8.25. The Morgan fingerprint density at radius 1 is 1.21 bits per heavy atom. The monoisotopic (exact) mass is 444 g/mol. The minimum Gasteiger partial charge on any atom is -0.492 e. The predicted molar refractivity (Wildman–Crippen MR) is 106 cm³/mol. The van der Waals surface area contributed by atoms with Crippen molar-refractivity contribution in [3.63, 3.8) is 0 Å². The van der Waals surface area contributed by atoms with Crippen LogP contribution < -0.4 is 13.8 Å². The third-order valence-electron chi connectivity index (χ3n) is 3.91. The molecule has 1 aliphatic rings. The highest BCUT2D eigenvalue weighted by Crippen LogP contribution is 2.33. The van der Waals surface area contributed by atoms with Gasteiger partial charge in [0.25, 0.3) is 10.0 Å². The fourth-order valence-corrected chi connectivity index (χ4v) is 5.60. The Morgan fingerprint density at radius 3 is 2.57 bits per heavy atom. The summed E-state index contributed by atoms with van der Waals surface area (Å²) < 4.78 is 58.6. The zero-order valence-corrected chi connectivity index (χ0v) is 17.1. The number of benzene rings is 2. The number of rotatable bonds is 6. The lowest BCUT2D eigenvalue weighted by atomic mass is 10.3. The van der Waals surface area contributed by atoms with E-state index in [1.165, 1.54) is 24.3 Å². The third kappa shape index (κ3) is 4.08. The van der Waals surface area contributed by atoms with Crippen LogP contribution in [0.3, 0.4) is 0 Å². The van der Waals surface area contributed by atoms with Crippen molar-refractivity contribution in [2.75, 3.05) is 21.4 Å². The van der Waals surface area contributed by atoms with Gasteiger partial charge in [-0.3, -0.25) is 9.52 Å². The van der Waals surface area contributed by atoms with E-state index >= 15 is 0 Å². The maximum absolute atomic E-state index is 12.9. The predicted octanol–water partition coefficient (Wildman–Crippen LogP) is 2.61. The average Bonchev–Trinajstić information content (AvgIpc) is 2.88. The highest BCUT2D eigenvalue weighted by atomic mass is 35.5. The third-order valence-corrected chi connectivity index (χ3v) is 7.23. The number of carbonyl (C=O) groups excluding carboxylic acids is 1. The van der Waals surface area contributed by atoms with Crippen molar-refractivity contribution < 1.29 is 26.4 Å². The van der Waals surface area contributed by atoms with Gasteiger partial charge in [-0.2, -0.15) is 0 Å². The van der Waals surface area contributed by atoms with Gasteiger partial charge in [-0.05, 0) is 43.3 Å². The molecular weight excluding hydrogens is 428 g/mol. The van der Waals surface area contributed by atoms with Crippen molar-refractivity contribution in [1.29, 1.82) is 0 Å². The number of amides is 1. The summed E-state index contributed by atoms with van der Waals surface area (Å²) in [6.45, 7) is 1.88. The van der Waals surface area contributed by atoms with E-state index in [2.05, 4.69) is 4.72 Å². The Bertz CT molecular complexity index is 1130.